The average molecular weight is 283 g/mol. The minimum atomic E-state index is 0.00420. The van der Waals surface area contributed by atoms with Crippen LogP contribution in [-0.2, 0) is 4.79 Å². The number of halogens is 1. The fourth-order valence-electron chi connectivity index (χ4n) is 2.23. The summed E-state index contributed by atoms with van der Waals surface area (Å²) >= 11 is 6.10. The highest BCUT2D eigenvalue weighted by Crippen LogP contribution is 2.37. The van der Waals surface area contributed by atoms with Crippen LogP contribution in [-0.4, -0.2) is 26.1 Å². The predicted molar refractivity (Wildman–Crippen MR) is 75.6 cm³/mol. The maximum absolute atomic E-state index is 11.9. The van der Waals surface area contributed by atoms with Crippen molar-refractivity contribution in [2.45, 2.75) is 25.3 Å². The van der Waals surface area contributed by atoms with Crippen LogP contribution in [0.1, 0.15) is 30.9 Å². The lowest BCUT2D eigenvalue weighted by molar-refractivity contribution is -0.122. The Morgan fingerprint density at radius 2 is 2.37 bits per heavy atom. The van der Waals surface area contributed by atoms with Crippen LogP contribution in [0.5, 0.6) is 5.75 Å². The largest absolute Gasteiger partial charge is 0.492 e. The zero-order valence-electron chi connectivity index (χ0n) is 11.0. The number of fused-ring (bicyclic) bond motifs is 1. The van der Waals surface area contributed by atoms with E-state index in [-0.39, 0.29) is 11.9 Å². The van der Waals surface area contributed by atoms with Gasteiger partial charge in [-0.2, -0.15) is 0 Å². The van der Waals surface area contributed by atoms with Gasteiger partial charge in [-0.3, -0.25) is 4.79 Å². The van der Waals surface area contributed by atoms with E-state index in [2.05, 4.69) is 10.6 Å². The number of rotatable bonds is 5. The van der Waals surface area contributed by atoms with Crippen LogP contribution in [0.2, 0.25) is 5.02 Å². The topological polar surface area (TPSA) is 50.4 Å². The summed E-state index contributed by atoms with van der Waals surface area (Å²) in [7, 11) is 1.88. The first-order valence-electron chi connectivity index (χ1n) is 6.57. The molecule has 0 radical (unpaired) electrons. The van der Waals surface area contributed by atoms with Gasteiger partial charge in [-0.15, -0.1) is 0 Å². The summed E-state index contributed by atoms with van der Waals surface area (Å²) in [5.41, 5.74) is 0.973. The number of hydrogen-bond donors (Lipinski definition) is 2. The quantitative estimate of drug-likeness (QED) is 0.815. The van der Waals surface area contributed by atoms with Gasteiger partial charge >= 0.3 is 0 Å². The van der Waals surface area contributed by atoms with Gasteiger partial charge in [-0.25, -0.2) is 0 Å². The van der Waals surface area contributed by atoms with Crippen molar-refractivity contribution in [3.63, 3.8) is 0 Å². The molecule has 0 saturated heterocycles. The van der Waals surface area contributed by atoms with Gasteiger partial charge in [-0.05, 0) is 26.1 Å². The first-order chi connectivity index (χ1) is 9.22. The molecule has 5 heteroatoms. The lowest BCUT2D eigenvalue weighted by Gasteiger charge is -2.27. The summed E-state index contributed by atoms with van der Waals surface area (Å²) in [5.74, 6) is 0.781. The van der Waals surface area contributed by atoms with Crippen LogP contribution >= 0.6 is 11.6 Å². The molecule has 1 atom stereocenters. The number of para-hydroxylation sites is 1. The van der Waals surface area contributed by atoms with Crippen molar-refractivity contribution in [2.75, 3.05) is 20.2 Å². The predicted octanol–water partition coefficient (Wildman–Crippen LogP) is 2.28. The first-order valence-corrected chi connectivity index (χ1v) is 6.95. The molecule has 0 bridgehead atoms. The molecule has 1 aromatic carbocycles. The third-order valence-corrected chi connectivity index (χ3v) is 3.49. The zero-order chi connectivity index (χ0) is 13.7. The summed E-state index contributed by atoms with van der Waals surface area (Å²) in [6, 6.07) is 5.65. The monoisotopic (exact) mass is 282 g/mol. The Morgan fingerprint density at radius 1 is 1.53 bits per heavy atom. The molecule has 0 aromatic heterocycles. The molecule has 1 heterocycles. The summed E-state index contributed by atoms with van der Waals surface area (Å²) in [4.78, 5) is 11.9. The molecular weight excluding hydrogens is 264 g/mol. The SMILES string of the molecule is CNCCCC(=O)NC1CCOc2c(Cl)cccc21. The van der Waals surface area contributed by atoms with Gasteiger partial charge in [0.15, 0.2) is 0 Å². The Morgan fingerprint density at radius 3 is 3.16 bits per heavy atom. The average Bonchev–Trinajstić information content (AvgIpc) is 2.40. The van der Waals surface area contributed by atoms with E-state index in [1.54, 1.807) is 6.07 Å². The second kappa shape index (κ2) is 6.78. The van der Waals surface area contributed by atoms with Crippen LogP contribution in [0.25, 0.3) is 0 Å². The minimum Gasteiger partial charge on any atom is -0.492 e. The van der Waals surface area contributed by atoms with E-state index in [1.807, 2.05) is 19.2 Å². The molecular formula is C14H19ClN2O2. The molecule has 1 aromatic rings. The molecule has 1 aliphatic rings. The third-order valence-electron chi connectivity index (χ3n) is 3.19. The molecule has 1 amide bonds. The molecule has 4 nitrogen and oxygen atoms in total. The van der Waals surface area contributed by atoms with Gasteiger partial charge < -0.3 is 15.4 Å². The van der Waals surface area contributed by atoms with Crippen LogP contribution < -0.4 is 15.4 Å². The molecule has 0 saturated carbocycles. The normalized spacial score (nSPS) is 17.5. The van der Waals surface area contributed by atoms with E-state index in [4.69, 9.17) is 16.3 Å². The molecule has 104 valence electrons. The summed E-state index contributed by atoms with van der Waals surface area (Å²) in [6.45, 7) is 1.43. The number of carbonyl (C=O) groups excluding carboxylic acids is 1. The highest BCUT2D eigenvalue weighted by Gasteiger charge is 2.24. The Labute approximate surface area is 118 Å². The number of carbonyl (C=O) groups is 1. The molecule has 0 aliphatic carbocycles. The Hall–Kier alpha value is -1.26. The smallest absolute Gasteiger partial charge is 0.220 e. The van der Waals surface area contributed by atoms with E-state index in [1.165, 1.54) is 0 Å². The molecule has 0 fully saturated rings. The van der Waals surface area contributed by atoms with E-state index in [9.17, 15) is 4.79 Å². The van der Waals surface area contributed by atoms with Crippen molar-refractivity contribution in [1.82, 2.24) is 10.6 Å². The molecule has 1 unspecified atom stereocenters. The van der Waals surface area contributed by atoms with Crippen LogP contribution in [0, 0.1) is 0 Å². The number of hydrogen-bond acceptors (Lipinski definition) is 3. The van der Waals surface area contributed by atoms with Gasteiger partial charge in [0.05, 0.1) is 17.7 Å². The lowest BCUT2D eigenvalue weighted by atomic mass is 10.0. The molecule has 19 heavy (non-hydrogen) atoms. The second-order valence-electron chi connectivity index (χ2n) is 4.62. The zero-order valence-corrected chi connectivity index (χ0v) is 11.8. The highest BCUT2D eigenvalue weighted by atomic mass is 35.5. The van der Waals surface area contributed by atoms with Gasteiger partial charge in [0.1, 0.15) is 5.75 Å². The van der Waals surface area contributed by atoms with Crippen molar-refractivity contribution in [2.24, 2.45) is 0 Å². The third kappa shape index (κ3) is 3.61. The fraction of sp³-hybridized carbons (Fsp3) is 0.500. The Bertz CT molecular complexity index is 451. The van der Waals surface area contributed by atoms with E-state index >= 15 is 0 Å². The van der Waals surface area contributed by atoms with Crippen molar-refractivity contribution in [1.29, 1.82) is 0 Å². The van der Waals surface area contributed by atoms with Crippen molar-refractivity contribution < 1.29 is 9.53 Å². The molecule has 2 rings (SSSR count). The number of ether oxygens (including phenoxy) is 1. The van der Waals surface area contributed by atoms with Crippen molar-refractivity contribution in [3.8, 4) is 5.75 Å². The van der Waals surface area contributed by atoms with Crippen LogP contribution in [0.15, 0.2) is 18.2 Å². The second-order valence-corrected chi connectivity index (χ2v) is 5.03. The van der Waals surface area contributed by atoms with Gasteiger partial charge in [0, 0.05) is 18.4 Å². The molecule has 0 spiro atoms. The summed E-state index contributed by atoms with van der Waals surface area (Å²) in [6.07, 6.45) is 2.16. The number of amides is 1. The van der Waals surface area contributed by atoms with E-state index in [0.29, 0.717) is 23.8 Å². The first kappa shape index (κ1) is 14.2. The van der Waals surface area contributed by atoms with E-state index in [0.717, 1.165) is 24.9 Å². The maximum atomic E-state index is 11.9. The van der Waals surface area contributed by atoms with Crippen molar-refractivity contribution in [3.05, 3.63) is 28.8 Å². The standard InChI is InChI=1S/C14H19ClN2O2/c1-16-8-3-6-13(18)17-12-7-9-19-14-10(12)4-2-5-11(14)15/h2,4-5,12,16H,3,6-9H2,1H3,(H,17,18). The van der Waals surface area contributed by atoms with E-state index < -0.39 is 0 Å². The molecule has 1 aliphatic heterocycles. The number of benzene rings is 1. The van der Waals surface area contributed by atoms with Crippen molar-refractivity contribution >= 4 is 17.5 Å². The fourth-order valence-corrected chi connectivity index (χ4v) is 2.47. The number of nitrogens with one attached hydrogen (secondary N) is 2. The summed E-state index contributed by atoms with van der Waals surface area (Å²) < 4.78 is 5.57. The Balaban J connectivity index is 1.99. The maximum Gasteiger partial charge on any atom is 0.220 e. The summed E-state index contributed by atoms with van der Waals surface area (Å²) in [5, 5.41) is 6.69. The molecule has 2 N–H and O–H groups in total. The van der Waals surface area contributed by atoms with Gasteiger partial charge in [0.2, 0.25) is 5.91 Å². The van der Waals surface area contributed by atoms with Crippen LogP contribution in [0.3, 0.4) is 0 Å². The Kier molecular flexibility index (Phi) is 5.05. The minimum absolute atomic E-state index is 0.00420. The lowest BCUT2D eigenvalue weighted by Crippen LogP contribution is -2.32. The van der Waals surface area contributed by atoms with Gasteiger partial charge in [-0.1, -0.05) is 23.7 Å². The van der Waals surface area contributed by atoms with Crippen LogP contribution in [0.4, 0.5) is 0 Å². The highest BCUT2D eigenvalue weighted by molar-refractivity contribution is 6.32. The van der Waals surface area contributed by atoms with Gasteiger partial charge in [0.25, 0.3) is 0 Å².